The van der Waals surface area contributed by atoms with Gasteiger partial charge < -0.3 is 9.47 Å². The van der Waals surface area contributed by atoms with Crippen molar-refractivity contribution in [3.05, 3.63) is 23.8 Å². The van der Waals surface area contributed by atoms with Gasteiger partial charge in [-0.05, 0) is 39.2 Å². The van der Waals surface area contributed by atoms with Gasteiger partial charge in [-0.1, -0.05) is 12.1 Å². The molecule has 0 saturated carbocycles. The predicted molar refractivity (Wildman–Crippen MR) is 83.8 cm³/mol. The number of ether oxygens (including phenoxy) is 2. The lowest BCUT2D eigenvalue weighted by Crippen LogP contribution is -2.24. The molecule has 21 heavy (non-hydrogen) atoms. The van der Waals surface area contributed by atoms with E-state index < -0.39 is 9.05 Å². The molecule has 1 aromatic rings. The zero-order valence-corrected chi connectivity index (χ0v) is 14.0. The second-order valence-electron chi connectivity index (χ2n) is 5.94. The quantitative estimate of drug-likeness (QED) is 0.566. The van der Waals surface area contributed by atoms with Gasteiger partial charge in [0.25, 0.3) is 0 Å². The monoisotopic (exact) mass is 332 g/mol. The van der Waals surface area contributed by atoms with E-state index in [2.05, 4.69) is 19.9 Å². The van der Waals surface area contributed by atoms with Crippen LogP contribution in [-0.4, -0.2) is 26.4 Å². The van der Waals surface area contributed by atoms with Gasteiger partial charge in [0, 0.05) is 22.7 Å². The van der Waals surface area contributed by atoms with Gasteiger partial charge in [-0.25, -0.2) is 8.42 Å². The second kappa shape index (κ2) is 6.44. The van der Waals surface area contributed by atoms with Crippen LogP contribution in [0.15, 0.2) is 18.2 Å². The average molecular weight is 333 g/mol. The van der Waals surface area contributed by atoms with Crippen LogP contribution in [-0.2, 0) is 15.5 Å². The van der Waals surface area contributed by atoms with Gasteiger partial charge in [-0.15, -0.1) is 0 Å². The van der Waals surface area contributed by atoms with Crippen molar-refractivity contribution >= 4 is 19.7 Å². The van der Waals surface area contributed by atoms with E-state index >= 15 is 0 Å². The zero-order chi connectivity index (χ0) is 15.5. The fourth-order valence-corrected chi connectivity index (χ4v) is 3.31. The molecule has 0 spiro atoms. The molecule has 0 aromatic heterocycles. The fourth-order valence-electron chi connectivity index (χ4n) is 2.44. The minimum atomic E-state index is -3.37. The highest BCUT2D eigenvalue weighted by molar-refractivity contribution is 8.13. The molecule has 0 N–H and O–H groups in total. The molecule has 1 aromatic carbocycles. The van der Waals surface area contributed by atoms with Crippen LogP contribution in [0.5, 0.6) is 11.5 Å². The van der Waals surface area contributed by atoms with E-state index in [1.165, 1.54) is 5.56 Å². The number of hydrogen-bond donors (Lipinski definition) is 0. The minimum absolute atomic E-state index is 0.0204. The lowest BCUT2D eigenvalue weighted by atomic mass is 10.0. The third-order valence-corrected chi connectivity index (χ3v) is 4.58. The van der Waals surface area contributed by atoms with Crippen LogP contribution in [0.2, 0.25) is 0 Å². The number of fused-ring (bicyclic) bond motifs is 1. The Morgan fingerprint density at radius 3 is 2.76 bits per heavy atom. The maximum atomic E-state index is 10.8. The minimum Gasteiger partial charge on any atom is -0.490 e. The van der Waals surface area contributed by atoms with Crippen molar-refractivity contribution in [3.8, 4) is 11.5 Å². The Bertz CT molecular complexity index is 596. The number of benzene rings is 1. The smallest absolute Gasteiger partial charge is 0.232 e. The number of rotatable bonds is 7. The summed E-state index contributed by atoms with van der Waals surface area (Å²) in [7, 11) is 1.78. The summed E-state index contributed by atoms with van der Waals surface area (Å²) >= 11 is 0. The number of unbranched alkanes of at least 4 members (excludes halogenated alkanes) is 2. The summed E-state index contributed by atoms with van der Waals surface area (Å²) in [5.41, 5.74) is 0.988. The van der Waals surface area contributed by atoms with Crippen molar-refractivity contribution in [2.75, 3.05) is 12.4 Å². The molecule has 1 aliphatic rings. The van der Waals surface area contributed by atoms with Crippen molar-refractivity contribution in [3.63, 3.8) is 0 Å². The third-order valence-electron chi connectivity index (χ3n) is 3.35. The summed E-state index contributed by atoms with van der Waals surface area (Å²) in [6.45, 7) is 4.66. The van der Waals surface area contributed by atoms with Gasteiger partial charge in [0.05, 0.1) is 12.4 Å². The normalized spacial score (nSPS) is 16.3. The molecule has 1 aliphatic heterocycles. The molecule has 118 valence electrons. The van der Waals surface area contributed by atoms with Crippen LogP contribution in [0.25, 0.3) is 0 Å². The van der Waals surface area contributed by atoms with Crippen molar-refractivity contribution in [2.45, 2.75) is 45.1 Å². The summed E-state index contributed by atoms with van der Waals surface area (Å²) in [6, 6.07) is 5.94. The first-order valence-corrected chi connectivity index (χ1v) is 9.61. The van der Waals surface area contributed by atoms with Crippen LogP contribution in [0.3, 0.4) is 0 Å². The first kappa shape index (κ1) is 16.4. The van der Waals surface area contributed by atoms with Gasteiger partial charge >= 0.3 is 0 Å². The van der Waals surface area contributed by atoms with Gasteiger partial charge in [0.15, 0.2) is 11.5 Å². The number of halogens is 1. The highest BCUT2D eigenvalue weighted by Crippen LogP contribution is 2.41. The lowest BCUT2D eigenvalue weighted by molar-refractivity contribution is 0.132. The van der Waals surface area contributed by atoms with E-state index in [-0.39, 0.29) is 11.4 Å². The largest absolute Gasteiger partial charge is 0.490 e. The standard InChI is InChI=1S/C15H21ClO4S/c1-15(2)11-12-7-6-8-13(14(12)20-15)19-9-4-3-5-10-21(16,17)18/h6-8H,3-5,9-11H2,1-2H3. The van der Waals surface area contributed by atoms with Crippen LogP contribution < -0.4 is 9.47 Å². The molecule has 1 heterocycles. The van der Waals surface area contributed by atoms with Crippen LogP contribution in [0.1, 0.15) is 38.7 Å². The second-order valence-corrected chi connectivity index (χ2v) is 8.83. The Kier molecular flexibility index (Phi) is 5.04. The van der Waals surface area contributed by atoms with Crippen LogP contribution in [0, 0.1) is 0 Å². The maximum absolute atomic E-state index is 10.8. The number of hydrogen-bond acceptors (Lipinski definition) is 4. The molecule has 0 fully saturated rings. The molecule has 0 bridgehead atoms. The van der Waals surface area contributed by atoms with E-state index in [1.54, 1.807) is 0 Å². The Morgan fingerprint density at radius 1 is 1.29 bits per heavy atom. The molecule has 2 rings (SSSR count). The molecule has 0 amide bonds. The Balaban J connectivity index is 1.79. The molecular weight excluding hydrogens is 312 g/mol. The molecule has 0 saturated heterocycles. The summed E-state index contributed by atoms with van der Waals surface area (Å²) in [6.07, 6.45) is 3.01. The maximum Gasteiger partial charge on any atom is 0.232 e. The zero-order valence-electron chi connectivity index (χ0n) is 12.4. The van der Waals surface area contributed by atoms with Gasteiger partial charge in [-0.3, -0.25) is 0 Å². The van der Waals surface area contributed by atoms with Crippen molar-refractivity contribution < 1.29 is 17.9 Å². The summed E-state index contributed by atoms with van der Waals surface area (Å²) in [5.74, 6) is 1.63. The van der Waals surface area contributed by atoms with Gasteiger partial charge in [-0.2, -0.15) is 0 Å². The highest BCUT2D eigenvalue weighted by atomic mass is 35.7. The SMILES string of the molecule is CC1(C)Cc2cccc(OCCCCCS(=O)(=O)Cl)c2O1. The molecule has 0 unspecified atom stereocenters. The first-order valence-electron chi connectivity index (χ1n) is 7.13. The van der Waals surface area contributed by atoms with E-state index in [1.807, 2.05) is 12.1 Å². The summed E-state index contributed by atoms with van der Waals surface area (Å²) < 4.78 is 33.3. The lowest BCUT2D eigenvalue weighted by Gasteiger charge is -2.18. The van der Waals surface area contributed by atoms with Gasteiger partial charge in [0.1, 0.15) is 5.60 Å². The Hall–Kier alpha value is -0.940. The Morgan fingerprint density at radius 2 is 2.05 bits per heavy atom. The number of para-hydroxylation sites is 1. The molecule has 6 heteroatoms. The molecular formula is C15H21ClO4S. The predicted octanol–water partition coefficient (Wildman–Crippen LogP) is 3.52. The van der Waals surface area contributed by atoms with E-state index in [9.17, 15) is 8.42 Å². The van der Waals surface area contributed by atoms with E-state index in [0.29, 0.717) is 13.0 Å². The molecule has 0 radical (unpaired) electrons. The van der Waals surface area contributed by atoms with Crippen LogP contribution in [0.4, 0.5) is 0 Å². The van der Waals surface area contributed by atoms with Gasteiger partial charge in [0.2, 0.25) is 9.05 Å². The van der Waals surface area contributed by atoms with E-state index in [4.69, 9.17) is 20.2 Å². The van der Waals surface area contributed by atoms with Crippen molar-refractivity contribution in [2.24, 2.45) is 0 Å². The third kappa shape index (κ3) is 5.08. The molecule has 0 aliphatic carbocycles. The highest BCUT2D eigenvalue weighted by Gasteiger charge is 2.32. The fraction of sp³-hybridized carbons (Fsp3) is 0.600. The Labute approximate surface area is 130 Å². The molecule has 4 nitrogen and oxygen atoms in total. The first-order chi connectivity index (χ1) is 9.77. The molecule has 0 atom stereocenters. The van der Waals surface area contributed by atoms with E-state index in [0.717, 1.165) is 30.8 Å². The average Bonchev–Trinajstić information content (AvgIpc) is 2.67. The van der Waals surface area contributed by atoms with Crippen molar-refractivity contribution in [1.29, 1.82) is 0 Å². The van der Waals surface area contributed by atoms with Crippen LogP contribution >= 0.6 is 10.7 Å². The topological polar surface area (TPSA) is 52.6 Å². The summed E-state index contributed by atoms with van der Waals surface area (Å²) in [5, 5.41) is 0. The van der Waals surface area contributed by atoms with Crippen molar-refractivity contribution in [1.82, 2.24) is 0 Å². The summed E-state index contributed by atoms with van der Waals surface area (Å²) in [4.78, 5) is 0.